The van der Waals surface area contributed by atoms with E-state index in [-0.39, 0.29) is 6.10 Å². The zero-order valence-electron chi connectivity index (χ0n) is 38.5. The minimum atomic E-state index is -0.492. The van der Waals surface area contributed by atoms with Crippen LogP contribution >= 0.6 is 0 Å². The summed E-state index contributed by atoms with van der Waals surface area (Å²) in [7, 11) is 0. The van der Waals surface area contributed by atoms with Crippen LogP contribution in [0.15, 0.2) is 78.9 Å². The lowest BCUT2D eigenvalue weighted by molar-refractivity contribution is 0.0112. The van der Waals surface area contributed by atoms with Gasteiger partial charge in [0, 0.05) is 26.2 Å². The van der Waals surface area contributed by atoms with Crippen LogP contribution in [0.5, 0.6) is 0 Å². The number of hydrogen-bond donors (Lipinski definition) is 0. The number of benzene rings is 1. The number of unbranched alkanes of at least 4 members (excludes halogenated alkanes) is 18. The van der Waals surface area contributed by atoms with Crippen molar-refractivity contribution in [2.24, 2.45) is 0 Å². The fraction of sp³-hybridized carbons (Fsp3) is 0.717. The summed E-state index contributed by atoms with van der Waals surface area (Å²) in [4.78, 5) is 17.8. The van der Waals surface area contributed by atoms with E-state index < -0.39 is 6.16 Å². The summed E-state index contributed by atoms with van der Waals surface area (Å²) >= 11 is 0. The maximum absolute atomic E-state index is 13.0. The van der Waals surface area contributed by atoms with Crippen molar-refractivity contribution in [1.82, 2.24) is 9.80 Å². The smallest absolute Gasteiger partial charge is 0.433 e. The first kappa shape index (κ1) is 53.4. The van der Waals surface area contributed by atoms with Gasteiger partial charge in [0.2, 0.25) is 0 Å². The summed E-state index contributed by atoms with van der Waals surface area (Å²) in [6.07, 6.45) is 49.8. The number of likely N-dealkylation sites (N-methyl/N-ethyl adjacent to an activating group) is 1. The second-order valence-corrected chi connectivity index (χ2v) is 16.4. The molecule has 0 amide bonds. The van der Waals surface area contributed by atoms with E-state index in [0.717, 1.165) is 71.2 Å². The molecule has 0 spiro atoms. The van der Waals surface area contributed by atoms with E-state index in [9.17, 15) is 4.79 Å². The third-order valence-electron chi connectivity index (χ3n) is 11.2. The molecule has 1 aromatic rings. The average Bonchev–Trinajstić information content (AvgIpc) is 3.23. The van der Waals surface area contributed by atoms with Crippen LogP contribution in [0, 0.1) is 0 Å². The Labute approximate surface area is 360 Å². The van der Waals surface area contributed by atoms with Crippen LogP contribution in [0.1, 0.15) is 200 Å². The molecule has 0 aromatic heterocycles. The molecule has 0 N–H and O–H groups in total. The lowest BCUT2D eigenvalue weighted by Gasteiger charge is -2.26. The van der Waals surface area contributed by atoms with Crippen LogP contribution in [0.2, 0.25) is 0 Å². The zero-order valence-corrected chi connectivity index (χ0v) is 38.5. The van der Waals surface area contributed by atoms with Gasteiger partial charge in [-0.1, -0.05) is 184 Å². The molecule has 0 heterocycles. The maximum atomic E-state index is 13.0. The number of allylic oxidation sites excluding steroid dienone is 8. The fourth-order valence-corrected chi connectivity index (χ4v) is 7.35. The van der Waals surface area contributed by atoms with E-state index in [4.69, 9.17) is 9.47 Å². The monoisotopic (exact) mass is 805 g/mol. The van der Waals surface area contributed by atoms with Crippen molar-refractivity contribution in [3.05, 3.63) is 84.5 Å². The van der Waals surface area contributed by atoms with E-state index >= 15 is 0 Å². The van der Waals surface area contributed by atoms with E-state index in [1.54, 1.807) is 0 Å². The number of nitrogens with zero attached hydrogens (tertiary/aromatic N) is 2. The molecule has 0 aliphatic rings. The quantitative estimate of drug-likeness (QED) is 0.0375. The van der Waals surface area contributed by atoms with Crippen molar-refractivity contribution in [2.75, 3.05) is 39.3 Å². The predicted molar refractivity (Wildman–Crippen MR) is 254 cm³/mol. The largest absolute Gasteiger partial charge is 0.508 e. The highest BCUT2D eigenvalue weighted by atomic mass is 16.7. The van der Waals surface area contributed by atoms with E-state index in [1.807, 2.05) is 0 Å². The average molecular weight is 805 g/mol. The van der Waals surface area contributed by atoms with Crippen molar-refractivity contribution in [2.45, 2.75) is 207 Å². The van der Waals surface area contributed by atoms with Crippen LogP contribution in [-0.4, -0.2) is 61.4 Å². The standard InChI is InChI=1S/C53H92N2O3/c1-5-9-11-13-15-17-19-21-23-25-27-29-31-33-35-40-44-52(45-41-36-34-32-30-28-26-24-22-20-18-16-14-12-10-6-2)58-53(56)57-49-48-55(47-46-54(7-3)8-4)50-51-42-38-37-39-43-51/h15-18,21-24,37-39,42-43,52H,5-14,19-20,25-36,40-41,44-50H2,1-4H3/b17-15-,18-16-,23-21-,24-22-. The summed E-state index contributed by atoms with van der Waals surface area (Å²) in [5.74, 6) is 0. The van der Waals surface area contributed by atoms with Gasteiger partial charge in [-0.15, -0.1) is 0 Å². The molecule has 58 heavy (non-hydrogen) atoms. The topological polar surface area (TPSA) is 42.0 Å². The summed E-state index contributed by atoms with van der Waals surface area (Å²) < 4.78 is 11.8. The molecule has 5 nitrogen and oxygen atoms in total. The van der Waals surface area contributed by atoms with Gasteiger partial charge in [-0.2, -0.15) is 0 Å². The van der Waals surface area contributed by atoms with Crippen LogP contribution < -0.4 is 0 Å². The Hall–Kier alpha value is -2.63. The van der Waals surface area contributed by atoms with Gasteiger partial charge >= 0.3 is 6.16 Å². The number of carbonyl (C=O) groups is 1. The minimum Gasteiger partial charge on any atom is -0.433 e. The third kappa shape index (κ3) is 35.3. The molecule has 332 valence electrons. The second-order valence-electron chi connectivity index (χ2n) is 16.4. The summed E-state index contributed by atoms with van der Waals surface area (Å²) in [5, 5.41) is 0. The Balaban J connectivity index is 2.44. The molecular formula is C53H92N2O3. The van der Waals surface area contributed by atoms with Gasteiger partial charge in [0.05, 0.1) is 0 Å². The van der Waals surface area contributed by atoms with Crippen molar-refractivity contribution in [1.29, 1.82) is 0 Å². The molecule has 0 radical (unpaired) electrons. The maximum Gasteiger partial charge on any atom is 0.508 e. The molecular weight excluding hydrogens is 713 g/mol. The van der Waals surface area contributed by atoms with Crippen LogP contribution in [0.25, 0.3) is 0 Å². The van der Waals surface area contributed by atoms with Gasteiger partial charge in [0.25, 0.3) is 0 Å². The molecule has 0 atom stereocenters. The van der Waals surface area contributed by atoms with Gasteiger partial charge < -0.3 is 14.4 Å². The Morgan fingerprint density at radius 3 is 1.41 bits per heavy atom. The first-order valence-corrected chi connectivity index (χ1v) is 24.5. The lowest BCUT2D eigenvalue weighted by Crippen LogP contribution is -2.36. The van der Waals surface area contributed by atoms with Gasteiger partial charge in [0.15, 0.2) is 0 Å². The number of ether oxygens (including phenoxy) is 2. The molecule has 0 fully saturated rings. The third-order valence-corrected chi connectivity index (χ3v) is 11.2. The van der Waals surface area contributed by atoms with E-state index in [2.05, 4.69) is 116 Å². The molecule has 0 aliphatic heterocycles. The molecule has 0 saturated heterocycles. The fourth-order valence-electron chi connectivity index (χ4n) is 7.35. The SMILES string of the molecule is CCCCC/C=C\C/C=C\CCCCCCCCC(CCCCCCCC/C=C\C/C=C\CCCCC)OC(=O)OCCN(CCN(CC)CC)Cc1ccccc1. The Kier molecular flexibility index (Phi) is 39.1. The Morgan fingerprint density at radius 1 is 0.517 bits per heavy atom. The van der Waals surface area contributed by atoms with Gasteiger partial charge in [-0.25, -0.2) is 4.79 Å². The summed E-state index contributed by atoms with van der Waals surface area (Å²) in [6.45, 7) is 14.9. The normalized spacial score (nSPS) is 12.3. The summed E-state index contributed by atoms with van der Waals surface area (Å²) in [6, 6.07) is 10.6. The van der Waals surface area contributed by atoms with Gasteiger partial charge in [-0.05, 0) is 109 Å². The number of rotatable bonds is 41. The molecule has 0 bridgehead atoms. The van der Waals surface area contributed by atoms with Crippen molar-refractivity contribution < 1.29 is 14.3 Å². The highest BCUT2D eigenvalue weighted by molar-refractivity contribution is 5.60. The highest BCUT2D eigenvalue weighted by Crippen LogP contribution is 2.18. The molecule has 5 heteroatoms. The zero-order chi connectivity index (χ0) is 41.8. The second kappa shape index (κ2) is 42.5. The predicted octanol–water partition coefficient (Wildman–Crippen LogP) is 15.8. The van der Waals surface area contributed by atoms with E-state index in [1.165, 1.54) is 134 Å². The molecule has 1 rings (SSSR count). The van der Waals surface area contributed by atoms with Crippen LogP contribution in [0.4, 0.5) is 4.79 Å². The Bertz CT molecular complexity index is 1080. The van der Waals surface area contributed by atoms with E-state index in [0.29, 0.717) is 13.2 Å². The van der Waals surface area contributed by atoms with Crippen molar-refractivity contribution >= 4 is 6.16 Å². The molecule has 1 aromatic carbocycles. The van der Waals surface area contributed by atoms with Gasteiger partial charge in [-0.3, -0.25) is 4.90 Å². The number of hydrogen-bond acceptors (Lipinski definition) is 5. The first-order valence-electron chi connectivity index (χ1n) is 24.5. The van der Waals surface area contributed by atoms with Crippen molar-refractivity contribution in [3.63, 3.8) is 0 Å². The first-order chi connectivity index (χ1) is 28.6. The van der Waals surface area contributed by atoms with Crippen LogP contribution in [-0.2, 0) is 16.0 Å². The molecule has 0 unspecified atom stereocenters. The lowest BCUT2D eigenvalue weighted by atomic mass is 10.0. The number of carbonyl (C=O) groups excluding carboxylic acids is 1. The minimum absolute atomic E-state index is 0.0488. The van der Waals surface area contributed by atoms with Gasteiger partial charge in [0.1, 0.15) is 12.7 Å². The van der Waals surface area contributed by atoms with Crippen LogP contribution in [0.3, 0.4) is 0 Å². The summed E-state index contributed by atoms with van der Waals surface area (Å²) in [5.41, 5.74) is 1.28. The molecule has 0 saturated carbocycles. The van der Waals surface area contributed by atoms with Crippen molar-refractivity contribution in [3.8, 4) is 0 Å². The highest BCUT2D eigenvalue weighted by Gasteiger charge is 2.16. The molecule has 0 aliphatic carbocycles. The Morgan fingerprint density at radius 2 is 0.948 bits per heavy atom.